The minimum absolute atomic E-state index is 0.0478. The summed E-state index contributed by atoms with van der Waals surface area (Å²) in [5.74, 6) is -0.186. The number of carbonyl (C=O) groups excluding carboxylic acids is 2. The van der Waals surface area contributed by atoms with Crippen LogP contribution in [0.3, 0.4) is 0 Å². The number of para-hydroxylation sites is 2. The van der Waals surface area contributed by atoms with Gasteiger partial charge in [0.25, 0.3) is 0 Å². The fraction of sp³-hybridized carbons (Fsp3) is 0.300. The Morgan fingerprint density at radius 2 is 1.88 bits per heavy atom. The SMILES string of the molecule is O=C(Nc1ccccc1N1CCCC1=O)C1CC1c1ccc(F)cc1. The maximum absolute atomic E-state index is 13.0. The fourth-order valence-corrected chi connectivity index (χ4v) is 3.51. The topological polar surface area (TPSA) is 49.4 Å². The van der Waals surface area contributed by atoms with Gasteiger partial charge in [0, 0.05) is 18.9 Å². The van der Waals surface area contributed by atoms with Gasteiger partial charge in [0.2, 0.25) is 11.8 Å². The second-order valence-corrected chi connectivity index (χ2v) is 6.66. The van der Waals surface area contributed by atoms with Gasteiger partial charge in [0.05, 0.1) is 11.4 Å². The molecule has 2 aromatic carbocycles. The van der Waals surface area contributed by atoms with Gasteiger partial charge in [-0.1, -0.05) is 24.3 Å². The summed E-state index contributed by atoms with van der Waals surface area (Å²) >= 11 is 0. The predicted octanol–water partition coefficient (Wildman–Crippen LogP) is 3.69. The molecule has 4 rings (SSSR count). The highest BCUT2D eigenvalue weighted by molar-refractivity contribution is 6.03. The van der Waals surface area contributed by atoms with Crippen molar-refractivity contribution in [3.8, 4) is 0 Å². The number of hydrogen-bond donors (Lipinski definition) is 1. The normalized spacial score (nSPS) is 22.1. The van der Waals surface area contributed by atoms with Crippen molar-refractivity contribution < 1.29 is 14.0 Å². The summed E-state index contributed by atoms with van der Waals surface area (Å²) in [6.45, 7) is 0.688. The maximum Gasteiger partial charge on any atom is 0.228 e. The first-order valence-electron chi connectivity index (χ1n) is 8.59. The Bertz CT molecular complexity index is 819. The number of nitrogens with one attached hydrogen (secondary N) is 1. The van der Waals surface area contributed by atoms with E-state index in [1.807, 2.05) is 24.3 Å². The average molecular weight is 338 g/mol. The first-order chi connectivity index (χ1) is 12.1. The second kappa shape index (κ2) is 6.31. The Morgan fingerprint density at radius 3 is 2.60 bits per heavy atom. The first kappa shape index (κ1) is 15.8. The van der Waals surface area contributed by atoms with E-state index in [0.29, 0.717) is 18.7 Å². The highest BCUT2D eigenvalue weighted by Crippen LogP contribution is 2.48. The van der Waals surface area contributed by atoms with Gasteiger partial charge in [-0.25, -0.2) is 4.39 Å². The standard InChI is InChI=1S/C20H19FN2O2/c21-14-9-7-13(8-10-14)15-12-16(15)20(25)22-17-4-1-2-5-18(17)23-11-3-6-19(23)24/h1-2,4-5,7-10,15-16H,3,6,11-12H2,(H,22,25). The van der Waals surface area contributed by atoms with Crippen LogP contribution in [0.4, 0.5) is 15.8 Å². The van der Waals surface area contributed by atoms with Crippen LogP contribution in [-0.4, -0.2) is 18.4 Å². The van der Waals surface area contributed by atoms with Crippen molar-refractivity contribution in [2.75, 3.05) is 16.8 Å². The molecule has 1 saturated heterocycles. The van der Waals surface area contributed by atoms with Crippen molar-refractivity contribution in [2.24, 2.45) is 5.92 Å². The molecule has 0 aromatic heterocycles. The molecule has 1 saturated carbocycles. The molecule has 1 N–H and O–H groups in total. The molecule has 128 valence electrons. The van der Waals surface area contributed by atoms with E-state index in [1.54, 1.807) is 17.0 Å². The van der Waals surface area contributed by atoms with Crippen molar-refractivity contribution in [1.29, 1.82) is 0 Å². The number of amides is 2. The number of halogens is 1. The third-order valence-electron chi connectivity index (χ3n) is 4.95. The van der Waals surface area contributed by atoms with Crippen LogP contribution in [0.5, 0.6) is 0 Å². The summed E-state index contributed by atoms with van der Waals surface area (Å²) in [6, 6.07) is 13.7. The number of carbonyl (C=O) groups is 2. The van der Waals surface area contributed by atoms with Gasteiger partial charge in [-0.05, 0) is 48.6 Å². The number of benzene rings is 2. The quantitative estimate of drug-likeness (QED) is 0.924. The van der Waals surface area contributed by atoms with Gasteiger partial charge in [0.15, 0.2) is 0 Å². The maximum atomic E-state index is 13.0. The van der Waals surface area contributed by atoms with Crippen LogP contribution in [0, 0.1) is 11.7 Å². The zero-order valence-electron chi connectivity index (χ0n) is 13.7. The summed E-state index contributed by atoms with van der Waals surface area (Å²) in [5, 5.41) is 2.97. The lowest BCUT2D eigenvalue weighted by Gasteiger charge is -2.20. The zero-order valence-corrected chi connectivity index (χ0v) is 13.7. The molecule has 2 atom stereocenters. The highest BCUT2D eigenvalue weighted by atomic mass is 19.1. The van der Waals surface area contributed by atoms with E-state index in [2.05, 4.69) is 5.32 Å². The number of anilines is 2. The van der Waals surface area contributed by atoms with E-state index in [9.17, 15) is 14.0 Å². The lowest BCUT2D eigenvalue weighted by atomic mass is 10.1. The molecule has 1 heterocycles. The van der Waals surface area contributed by atoms with Gasteiger partial charge >= 0.3 is 0 Å². The van der Waals surface area contributed by atoms with E-state index in [4.69, 9.17) is 0 Å². The second-order valence-electron chi connectivity index (χ2n) is 6.66. The van der Waals surface area contributed by atoms with E-state index in [0.717, 1.165) is 24.1 Å². The van der Waals surface area contributed by atoms with Crippen LogP contribution in [0.25, 0.3) is 0 Å². The number of nitrogens with zero attached hydrogens (tertiary/aromatic N) is 1. The Balaban J connectivity index is 1.47. The first-order valence-corrected chi connectivity index (χ1v) is 8.59. The molecule has 0 bridgehead atoms. The van der Waals surface area contributed by atoms with E-state index in [-0.39, 0.29) is 29.5 Å². The van der Waals surface area contributed by atoms with Crippen molar-refractivity contribution in [3.05, 3.63) is 59.9 Å². The van der Waals surface area contributed by atoms with E-state index < -0.39 is 0 Å². The molecule has 0 spiro atoms. The van der Waals surface area contributed by atoms with Gasteiger partial charge in [-0.15, -0.1) is 0 Å². The molecule has 25 heavy (non-hydrogen) atoms. The zero-order chi connectivity index (χ0) is 17.4. The number of rotatable bonds is 4. The van der Waals surface area contributed by atoms with E-state index >= 15 is 0 Å². The third kappa shape index (κ3) is 3.14. The summed E-state index contributed by atoms with van der Waals surface area (Å²) in [4.78, 5) is 26.3. The Morgan fingerprint density at radius 1 is 1.12 bits per heavy atom. The smallest absolute Gasteiger partial charge is 0.228 e. The van der Waals surface area contributed by atoms with Crippen LogP contribution in [0.2, 0.25) is 0 Å². The molecule has 2 aliphatic rings. The van der Waals surface area contributed by atoms with Crippen LogP contribution in [0.15, 0.2) is 48.5 Å². The molecule has 4 nitrogen and oxygen atoms in total. The van der Waals surface area contributed by atoms with Crippen LogP contribution in [0.1, 0.15) is 30.7 Å². The molecule has 2 aromatic rings. The Kier molecular flexibility index (Phi) is 3.99. The lowest BCUT2D eigenvalue weighted by Crippen LogP contribution is -2.26. The minimum Gasteiger partial charge on any atom is -0.324 e. The molecule has 2 amide bonds. The van der Waals surface area contributed by atoms with Gasteiger partial charge in [0.1, 0.15) is 5.82 Å². The monoisotopic (exact) mass is 338 g/mol. The third-order valence-corrected chi connectivity index (χ3v) is 4.95. The Hall–Kier alpha value is -2.69. The van der Waals surface area contributed by atoms with E-state index in [1.165, 1.54) is 12.1 Å². The summed E-state index contributed by atoms with van der Waals surface area (Å²) in [7, 11) is 0. The molecule has 2 unspecified atom stereocenters. The molecular weight excluding hydrogens is 319 g/mol. The average Bonchev–Trinajstić information content (AvgIpc) is 3.31. The van der Waals surface area contributed by atoms with Crippen LogP contribution < -0.4 is 10.2 Å². The van der Waals surface area contributed by atoms with Gasteiger partial charge in [-0.2, -0.15) is 0 Å². The molecule has 0 radical (unpaired) electrons. The molecule has 1 aliphatic carbocycles. The molecule has 1 aliphatic heterocycles. The van der Waals surface area contributed by atoms with Crippen molar-refractivity contribution in [2.45, 2.75) is 25.2 Å². The molecule has 2 fully saturated rings. The summed E-state index contributed by atoms with van der Waals surface area (Å²) in [5.41, 5.74) is 2.43. The Labute approximate surface area is 145 Å². The summed E-state index contributed by atoms with van der Waals surface area (Å²) in [6.07, 6.45) is 2.16. The van der Waals surface area contributed by atoms with Crippen molar-refractivity contribution in [1.82, 2.24) is 0 Å². The summed E-state index contributed by atoms with van der Waals surface area (Å²) < 4.78 is 13.0. The lowest BCUT2D eigenvalue weighted by molar-refractivity contribution is -0.118. The number of hydrogen-bond acceptors (Lipinski definition) is 2. The van der Waals surface area contributed by atoms with Crippen LogP contribution >= 0.6 is 0 Å². The highest BCUT2D eigenvalue weighted by Gasteiger charge is 2.44. The predicted molar refractivity (Wildman–Crippen MR) is 93.9 cm³/mol. The van der Waals surface area contributed by atoms with Crippen molar-refractivity contribution in [3.63, 3.8) is 0 Å². The van der Waals surface area contributed by atoms with Gasteiger partial charge in [-0.3, -0.25) is 9.59 Å². The minimum atomic E-state index is -0.269. The van der Waals surface area contributed by atoms with Crippen molar-refractivity contribution >= 4 is 23.2 Å². The molecule has 5 heteroatoms. The molecular formula is C20H19FN2O2. The van der Waals surface area contributed by atoms with Crippen LogP contribution in [-0.2, 0) is 9.59 Å². The largest absolute Gasteiger partial charge is 0.324 e. The van der Waals surface area contributed by atoms with Gasteiger partial charge < -0.3 is 10.2 Å². The fourth-order valence-electron chi connectivity index (χ4n) is 3.51.